The van der Waals surface area contributed by atoms with E-state index in [1.807, 2.05) is 13.8 Å². The van der Waals surface area contributed by atoms with Crippen molar-refractivity contribution < 1.29 is 9.59 Å². The summed E-state index contributed by atoms with van der Waals surface area (Å²) in [5.74, 6) is -0.257. The SMILES string of the molecule is CCN(CC)C(=O)CN(C)C(=O)[C@H](C)N. The van der Waals surface area contributed by atoms with Crippen molar-refractivity contribution in [3.8, 4) is 0 Å². The van der Waals surface area contributed by atoms with Gasteiger partial charge in [-0.05, 0) is 20.8 Å². The highest BCUT2D eigenvalue weighted by molar-refractivity contribution is 5.86. The summed E-state index contributed by atoms with van der Waals surface area (Å²) in [5, 5.41) is 0. The molecule has 0 rings (SSSR count). The summed E-state index contributed by atoms with van der Waals surface area (Å²) in [5.41, 5.74) is 5.44. The molecule has 0 aliphatic carbocycles. The fourth-order valence-corrected chi connectivity index (χ4v) is 1.30. The first-order valence-electron chi connectivity index (χ1n) is 5.22. The van der Waals surface area contributed by atoms with Gasteiger partial charge < -0.3 is 15.5 Å². The van der Waals surface area contributed by atoms with E-state index in [0.717, 1.165) is 0 Å². The fraction of sp³-hybridized carbons (Fsp3) is 0.800. The van der Waals surface area contributed by atoms with Crippen LogP contribution >= 0.6 is 0 Å². The molecule has 88 valence electrons. The molecule has 0 aromatic carbocycles. The molecule has 0 aliphatic heterocycles. The predicted molar refractivity (Wildman–Crippen MR) is 59.2 cm³/mol. The molecule has 15 heavy (non-hydrogen) atoms. The zero-order valence-electron chi connectivity index (χ0n) is 9.99. The van der Waals surface area contributed by atoms with Crippen LogP contribution < -0.4 is 5.73 Å². The molecule has 1 atom stereocenters. The third kappa shape index (κ3) is 4.29. The highest BCUT2D eigenvalue weighted by Crippen LogP contribution is 1.94. The van der Waals surface area contributed by atoms with E-state index in [2.05, 4.69) is 0 Å². The first-order valence-corrected chi connectivity index (χ1v) is 5.22. The minimum Gasteiger partial charge on any atom is -0.342 e. The Kier molecular flexibility index (Phi) is 5.93. The van der Waals surface area contributed by atoms with Crippen LogP contribution in [0, 0.1) is 0 Å². The van der Waals surface area contributed by atoms with E-state index >= 15 is 0 Å². The molecule has 0 unspecified atom stereocenters. The molecular formula is C10H21N3O2. The van der Waals surface area contributed by atoms with Crippen LogP contribution in [0.5, 0.6) is 0 Å². The van der Waals surface area contributed by atoms with Crippen LogP contribution in [0.15, 0.2) is 0 Å². The zero-order chi connectivity index (χ0) is 12.0. The van der Waals surface area contributed by atoms with Crippen molar-refractivity contribution in [2.24, 2.45) is 5.73 Å². The Bertz CT molecular complexity index is 225. The average Bonchev–Trinajstić information content (AvgIpc) is 2.18. The Morgan fingerprint density at radius 3 is 2.07 bits per heavy atom. The summed E-state index contributed by atoms with van der Waals surface area (Å²) in [6.45, 7) is 6.86. The Morgan fingerprint density at radius 2 is 1.73 bits per heavy atom. The maximum atomic E-state index is 11.6. The van der Waals surface area contributed by atoms with Crippen LogP contribution in [0.3, 0.4) is 0 Å². The van der Waals surface area contributed by atoms with E-state index in [4.69, 9.17) is 5.73 Å². The van der Waals surface area contributed by atoms with Crippen LogP contribution in [0.4, 0.5) is 0 Å². The molecule has 0 fully saturated rings. The van der Waals surface area contributed by atoms with E-state index < -0.39 is 6.04 Å². The number of carbonyl (C=O) groups is 2. The lowest BCUT2D eigenvalue weighted by Crippen LogP contribution is -2.45. The average molecular weight is 215 g/mol. The van der Waals surface area contributed by atoms with E-state index in [1.165, 1.54) is 4.90 Å². The molecule has 0 saturated carbocycles. The summed E-state index contributed by atoms with van der Waals surface area (Å²) in [6, 6.07) is -0.556. The van der Waals surface area contributed by atoms with Gasteiger partial charge in [0.1, 0.15) is 0 Å². The molecule has 0 saturated heterocycles. The van der Waals surface area contributed by atoms with E-state index in [-0.39, 0.29) is 18.4 Å². The number of hydrogen-bond donors (Lipinski definition) is 1. The molecule has 0 radical (unpaired) electrons. The van der Waals surface area contributed by atoms with E-state index in [1.54, 1.807) is 18.9 Å². The van der Waals surface area contributed by atoms with Crippen molar-refractivity contribution in [3.63, 3.8) is 0 Å². The molecule has 0 aromatic heterocycles. The molecule has 2 amide bonds. The third-order valence-electron chi connectivity index (χ3n) is 2.25. The number of rotatable bonds is 5. The van der Waals surface area contributed by atoms with Gasteiger partial charge in [-0.15, -0.1) is 0 Å². The summed E-state index contributed by atoms with van der Waals surface area (Å²) in [4.78, 5) is 26.1. The second-order valence-electron chi connectivity index (χ2n) is 3.55. The van der Waals surface area contributed by atoms with Gasteiger partial charge in [0.05, 0.1) is 12.6 Å². The van der Waals surface area contributed by atoms with Crippen molar-refractivity contribution in [2.75, 3.05) is 26.7 Å². The van der Waals surface area contributed by atoms with Gasteiger partial charge in [0, 0.05) is 20.1 Å². The predicted octanol–water partition coefficient (Wildman–Crippen LogP) is -0.340. The number of nitrogens with zero attached hydrogens (tertiary/aromatic N) is 2. The molecule has 0 aliphatic rings. The van der Waals surface area contributed by atoms with Crippen molar-refractivity contribution >= 4 is 11.8 Å². The number of hydrogen-bond acceptors (Lipinski definition) is 3. The Hall–Kier alpha value is -1.10. The van der Waals surface area contributed by atoms with Crippen LogP contribution in [0.1, 0.15) is 20.8 Å². The second kappa shape index (κ2) is 6.40. The summed E-state index contributed by atoms with van der Waals surface area (Å²) in [7, 11) is 1.59. The lowest BCUT2D eigenvalue weighted by atomic mass is 10.3. The quantitative estimate of drug-likeness (QED) is 0.682. The van der Waals surface area contributed by atoms with E-state index in [0.29, 0.717) is 13.1 Å². The highest BCUT2D eigenvalue weighted by atomic mass is 16.2. The van der Waals surface area contributed by atoms with Crippen molar-refractivity contribution in [3.05, 3.63) is 0 Å². The molecule has 5 heteroatoms. The Balaban J connectivity index is 4.23. The van der Waals surface area contributed by atoms with Gasteiger partial charge in [-0.1, -0.05) is 0 Å². The van der Waals surface area contributed by atoms with Gasteiger partial charge in [-0.25, -0.2) is 0 Å². The number of nitrogens with two attached hydrogens (primary N) is 1. The van der Waals surface area contributed by atoms with Crippen molar-refractivity contribution in [2.45, 2.75) is 26.8 Å². The molecule has 0 spiro atoms. The van der Waals surface area contributed by atoms with E-state index in [9.17, 15) is 9.59 Å². The Labute approximate surface area is 91.2 Å². The lowest BCUT2D eigenvalue weighted by Gasteiger charge is -2.24. The largest absolute Gasteiger partial charge is 0.342 e. The monoisotopic (exact) mass is 215 g/mol. The van der Waals surface area contributed by atoms with Crippen molar-refractivity contribution in [1.82, 2.24) is 9.80 Å². The zero-order valence-corrected chi connectivity index (χ0v) is 9.99. The topological polar surface area (TPSA) is 66.6 Å². The van der Waals surface area contributed by atoms with Crippen molar-refractivity contribution in [1.29, 1.82) is 0 Å². The molecule has 2 N–H and O–H groups in total. The maximum Gasteiger partial charge on any atom is 0.242 e. The summed E-state index contributed by atoms with van der Waals surface area (Å²) >= 11 is 0. The van der Waals surface area contributed by atoms with Gasteiger partial charge in [0.15, 0.2) is 0 Å². The minimum absolute atomic E-state index is 0.0449. The van der Waals surface area contributed by atoms with Crippen LogP contribution in [-0.2, 0) is 9.59 Å². The standard InChI is InChI=1S/C10H21N3O2/c1-5-13(6-2)9(14)7-12(4)10(15)8(3)11/h8H,5-7,11H2,1-4H3/t8-/m0/s1. The third-order valence-corrected chi connectivity index (χ3v) is 2.25. The highest BCUT2D eigenvalue weighted by Gasteiger charge is 2.18. The number of likely N-dealkylation sites (N-methyl/N-ethyl adjacent to an activating group) is 2. The molecule has 0 aromatic rings. The van der Waals surface area contributed by atoms with Gasteiger partial charge in [0.2, 0.25) is 11.8 Å². The first kappa shape index (κ1) is 13.9. The lowest BCUT2D eigenvalue weighted by molar-refractivity contribution is -0.139. The summed E-state index contributed by atoms with van der Waals surface area (Å²) in [6.07, 6.45) is 0. The van der Waals surface area contributed by atoms with Gasteiger partial charge in [0.25, 0.3) is 0 Å². The first-order chi connectivity index (χ1) is 6.93. The second-order valence-corrected chi connectivity index (χ2v) is 3.55. The van der Waals surface area contributed by atoms with Crippen LogP contribution in [-0.4, -0.2) is 54.3 Å². The van der Waals surface area contributed by atoms with Gasteiger partial charge >= 0.3 is 0 Å². The molecule has 0 heterocycles. The van der Waals surface area contributed by atoms with Gasteiger partial charge in [-0.3, -0.25) is 9.59 Å². The Morgan fingerprint density at radius 1 is 1.27 bits per heavy atom. The fourth-order valence-electron chi connectivity index (χ4n) is 1.30. The van der Waals surface area contributed by atoms with Gasteiger partial charge in [-0.2, -0.15) is 0 Å². The maximum absolute atomic E-state index is 11.6. The molecule has 5 nitrogen and oxygen atoms in total. The smallest absolute Gasteiger partial charge is 0.242 e. The molecule has 0 bridgehead atoms. The van der Waals surface area contributed by atoms with Crippen LogP contribution in [0.25, 0.3) is 0 Å². The summed E-state index contributed by atoms with van der Waals surface area (Å²) < 4.78 is 0. The number of amides is 2. The minimum atomic E-state index is -0.556. The van der Waals surface area contributed by atoms with Crippen LogP contribution in [0.2, 0.25) is 0 Å². The molecular weight excluding hydrogens is 194 g/mol. The number of carbonyl (C=O) groups excluding carboxylic acids is 2. The normalized spacial score (nSPS) is 12.1.